The van der Waals surface area contributed by atoms with Crippen LogP contribution < -0.4 is 5.32 Å². The molecule has 23 heavy (non-hydrogen) atoms. The van der Waals surface area contributed by atoms with E-state index in [0.717, 1.165) is 6.07 Å². The summed E-state index contributed by atoms with van der Waals surface area (Å²) in [6, 6.07) is 6.83. The minimum absolute atomic E-state index is 0.00931. The Labute approximate surface area is 132 Å². The third-order valence-electron chi connectivity index (χ3n) is 3.92. The molecule has 0 unspecified atom stereocenters. The smallest absolute Gasteiger partial charge is 0.387 e. The van der Waals surface area contributed by atoms with E-state index in [-0.39, 0.29) is 24.2 Å². The van der Waals surface area contributed by atoms with Gasteiger partial charge in [0.05, 0.1) is 17.7 Å². The van der Waals surface area contributed by atoms with Crippen LogP contribution in [-0.4, -0.2) is 27.5 Å². The fourth-order valence-electron chi connectivity index (χ4n) is 2.37. The van der Waals surface area contributed by atoms with Crippen molar-refractivity contribution >= 4 is 0 Å². The lowest BCUT2D eigenvalue weighted by Crippen LogP contribution is -2.36. The third-order valence-corrected chi connectivity index (χ3v) is 3.92. The first-order valence-corrected chi connectivity index (χ1v) is 7.37. The number of aliphatic hydroxyl groups is 1. The summed E-state index contributed by atoms with van der Waals surface area (Å²) < 4.78 is 40.7. The van der Waals surface area contributed by atoms with Crippen molar-refractivity contribution in [2.24, 2.45) is 0 Å². The summed E-state index contributed by atoms with van der Waals surface area (Å²) in [4.78, 5) is 0. The highest BCUT2D eigenvalue weighted by atomic mass is 19.4. The normalized spacial score (nSPS) is 16.1. The van der Waals surface area contributed by atoms with Crippen LogP contribution in [-0.2, 0) is 6.18 Å². The third kappa shape index (κ3) is 4.33. The lowest BCUT2D eigenvalue weighted by Gasteiger charge is -2.24. The Bertz CT molecular complexity index is 613. The molecule has 4 nitrogen and oxygen atoms in total. The molecule has 0 spiro atoms. The number of aliphatic hydroxyl groups excluding tert-OH is 1. The first-order chi connectivity index (χ1) is 10.8. The minimum Gasteiger partial charge on any atom is -0.387 e. The molecule has 2 aromatic rings. The number of benzene rings is 1. The van der Waals surface area contributed by atoms with Gasteiger partial charge in [0.2, 0.25) is 0 Å². The Hall–Kier alpha value is -1.86. The van der Waals surface area contributed by atoms with Crippen molar-refractivity contribution in [1.29, 1.82) is 0 Å². The van der Waals surface area contributed by atoms with Gasteiger partial charge in [-0.3, -0.25) is 4.68 Å². The lowest BCUT2D eigenvalue weighted by atomic mass is 10.0. The van der Waals surface area contributed by atoms with Crippen LogP contribution in [0.1, 0.15) is 37.1 Å². The number of aromatic nitrogens is 2. The summed E-state index contributed by atoms with van der Waals surface area (Å²) in [6.45, 7) is 3.87. The second-order valence-electron chi connectivity index (χ2n) is 5.52. The Morgan fingerprint density at radius 1 is 1.22 bits per heavy atom. The van der Waals surface area contributed by atoms with Gasteiger partial charge in [0.25, 0.3) is 0 Å². The molecule has 126 valence electrons. The molecule has 2 rings (SSSR count). The number of alkyl halides is 3. The molecule has 0 saturated heterocycles. The van der Waals surface area contributed by atoms with E-state index in [4.69, 9.17) is 0 Å². The summed E-state index contributed by atoms with van der Waals surface area (Å²) in [5, 5.41) is 17.3. The molecule has 3 atom stereocenters. The van der Waals surface area contributed by atoms with E-state index in [2.05, 4.69) is 10.4 Å². The van der Waals surface area contributed by atoms with E-state index in [1.165, 1.54) is 18.2 Å². The van der Waals surface area contributed by atoms with Crippen LogP contribution in [0.4, 0.5) is 13.2 Å². The molecule has 0 aliphatic rings. The lowest BCUT2D eigenvalue weighted by molar-refractivity contribution is -0.139. The number of halogens is 3. The average molecular weight is 327 g/mol. The number of nitrogens with zero attached hydrogens (tertiary/aromatic N) is 2. The summed E-state index contributed by atoms with van der Waals surface area (Å²) in [5.74, 6) is 0. The van der Waals surface area contributed by atoms with Crippen LogP contribution in [0.2, 0.25) is 0 Å². The van der Waals surface area contributed by atoms with Gasteiger partial charge in [-0.05, 0) is 31.5 Å². The van der Waals surface area contributed by atoms with Gasteiger partial charge in [-0.1, -0.05) is 18.2 Å². The summed E-state index contributed by atoms with van der Waals surface area (Å²) in [7, 11) is 0. The van der Waals surface area contributed by atoms with Crippen LogP contribution in [0.3, 0.4) is 0 Å². The number of hydrogen-bond donors (Lipinski definition) is 2. The Balaban J connectivity index is 2.01. The maximum absolute atomic E-state index is 13.0. The van der Waals surface area contributed by atoms with Crippen molar-refractivity contribution in [3.63, 3.8) is 0 Å². The Kier molecular flexibility index (Phi) is 5.43. The topological polar surface area (TPSA) is 50.1 Å². The first-order valence-electron chi connectivity index (χ1n) is 7.37. The summed E-state index contributed by atoms with van der Waals surface area (Å²) in [6.07, 6.45) is -2.23. The maximum Gasteiger partial charge on any atom is 0.416 e. The van der Waals surface area contributed by atoms with Gasteiger partial charge in [0.15, 0.2) is 0 Å². The van der Waals surface area contributed by atoms with Gasteiger partial charge in [-0.15, -0.1) is 0 Å². The molecular weight excluding hydrogens is 307 g/mol. The van der Waals surface area contributed by atoms with Crippen LogP contribution in [0, 0.1) is 0 Å². The van der Waals surface area contributed by atoms with E-state index in [1.54, 1.807) is 16.9 Å². The van der Waals surface area contributed by atoms with Gasteiger partial charge in [-0.25, -0.2) is 0 Å². The Morgan fingerprint density at radius 2 is 1.91 bits per heavy atom. The molecule has 0 radical (unpaired) electrons. The van der Waals surface area contributed by atoms with E-state index < -0.39 is 17.8 Å². The van der Waals surface area contributed by atoms with E-state index >= 15 is 0 Å². The molecule has 1 aromatic heterocycles. The molecule has 0 amide bonds. The van der Waals surface area contributed by atoms with Crippen LogP contribution in [0.15, 0.2) is 42.7 Å². The molecular formula is C16H20F3N3O. The van der Waals surface area contributed by atoms with Gasteiger partial charge < -0.3 is 10.4 Å². The molecule has 7 heteroatoms. The predicted molar refractivity (Wildman–Crippen MR) is 80.8 cm³/mol. The number of hydrogen-bond acceptors (Lipinski definition) is 3. The number of nitrogens with one attached hydrogen (secondary N) is 1. The standard InChI is InChI=1S/C16H20F3N3O/c1-11(12(2)22-9-5-8-21-22)20-10-15(23)13-6-3-4-7-14(13)16(17,18)19/h3-9,11-12,15,20,23H,10H2,1-2H3/t11-,12-,15+/m0/s1. The van der Waals surface area contributed by atoms with Crippen molar-refractivity contribution in [3.05, 3.63) is 53.9 Å². The van der Waals surface area contributed by atoms with E-state index in [0.29, 0.717) is 0 Å². The largest absolute Gasteiger partial charge is 0.416 e. The zero-order chi connectivity index (χ0) is 17.0. The molecule has 0 fully saturated rings. The van der Waals surface area contributed by atoms with Crippen molar-refractivity contribution in [2.45, 2.75) is 38.2 Å². The highest BCUT2D eigenvalue weighted by Crippen LogP contribution is 2.34. The van der Waals surface area contributed by atoms with Crippen molar-refractivity contribution in [1.82, 2.24) is 15.1 Å². The summed E-state index contributed by atoms with van der Waals surface area (Å²) in [5.41, 5.74) is -0.923. The van der Waals surface area contributed by atoms with Gasteiger partial charge in [-0.2, -0.15) is 18.3 Å². The predicted octanol–water partition coefficient (Wildman–Crippen LogP) is 3.17. The fourth-order valence-corrected chi connectivity index (χ4v) is 2.37. The van der Waals surface area contributed by atoms with Gasteiger partial charge in [0.1, 0.15) is 0 Å². The van der Waals surface area contributed by atoms with Crippen LogP contribution in [0.5, 0.6) is 0 Å². The van der Waals surface area contributed by atoms with E-state index in [1.807, 2.05) is 20.0 Å². The van der Waals surface area contributed by atoms with Crippen molar-refractivity contribution < 1.29 is 18.3 Å². The fraction of sp³-hybridized carbons (Fsp3) is 0.438. The number of rotatable bonds is 6. The molecule has 0 aliphatic heterocycles. The molecule has 0 bridgehead atoms. The average Bonchev–Trinajstić information content (AvgIpc) is 3.05. The highest BCUT2D eigenvalue weighted by Gasteiger charge is 2.34. The monoisotopic (exact) mass is 327 g/mol. The molecule has 1 heterocycles. The molecule has 0 aliphatic carbocycles. The molecule has 2 N–H and O–H groups in total. The van der Waals surface area contributed by atoms with Crippen molar-refractivity contribution in [3.8, 4) is 0 Å². The zero-order valence-corrected chi connectivity index (χ0v) is 13.0. The molecule has 1 aromatic carbocycles. The minimum atomic E-state index is -4.48. The zero-order valence-electron chi connectivity index (χ0n) is 13.0. The summed E-state index contributed by atoms with van der Waals surface area (Å²) >= 11 is 0. The SMILES string of the molecule is C[C@H](NC[C@@H](O)c1ccccc1C(F)(F)F)[C@H](C)n1cccn1. The van der Waals surface area contributed by atoms with Gasteiger partial charge >= 0.3 is 6.18 Å². The van der Waals surface area contributed by atoms with Crippen molar-refractivity contribution in [2.75, 3.05) is 6.54 Å². The second kappa shape index (κ2) is 7.14. The maximum atomic E-state index is 13.0. The molecule has 0 saturated carbocycles. The first kappa shape index (κ1) is 17.5. The Morgan fingerprint density at radius 3 is 2.52 bits per heavy atom. The quantitative estimate of drug-likeness (QED) is 0.857. The van der Waals surface area contributed by atoms with E-state index in [9.17, 15) is 18.3 Å². The van der Waals surface area contributed by atoms with Gasteiger partial charge in [0, 0.05) is 25.0 Å². The highest BCUT2D eigenvalue weighted by molar-refractivity contribution is 5.31. The van der Waals surface area contributed by atoms with Crippen LogP contribution >= 0.6 is 0 Å². The van der Waals surface area contributed by atoms with Crippen LogP contribution in [0.25, 0.3) is 0 Å². The second-order valence-corrected chi connectivity index (χ2v) is 5.52.